The average molecular weight is 937 g/mol. The zero-order chi connectivity index (χ0) is 45.7. The van der Waals surface area contributed by atoms with Crippen LogP contribution in [-0.4, -0.2) is 52.5 Å². The summed E-state index contributed by atoms with van der Waals surface area (Å²) in [5.41, 5.74) is 21.8. The summed E-state index contributed by atoms with van der Waals surface area (Å²) in [4.78, 5) is 16.4. The molecular formula is C46H46BBrCl2N8O4. The number of halogens is 3. The molecule has 0 spiro atoms. The van der Waals surface area contributed by atoms with Crippen molar-refractivity contribution in [3.05, 3.63) is 109 Å². The second-order valence-corrected chi connectivity index (χ2v) is 17.0. The number of nitrogens with zero attached hydrogens (tertiary/aromatic N) is 6. The van der Waals surface area contributed by atoms with Crippen LogP contribution in [0.4, 0.5) is 11.6 Å². The molecule has 0 radical (unpaired) electrons. The van der Waals surface area contributed by atoms with E-state index in [0.717, 1.165) is 54.4 Å². The first kappa shape index (κ1) is 47.3. The lowest BCUT2D eigenvalue weighted by molar-refractivity contribution is 0.00578. The molecule has 6 aromatic rings. The summed E-state index contributed by atoms with van der Waals surface area (Å²) in [6.45, 7) is 16.4. The van der Waals surface area contributed by atoms with Crippen LogP contribution >= 0.6 is 39.1 Å². The molecule has 7 rings (SSSR count). The van der Waals surface area contributed by atoms with Crippen LogP contribution in [0.5, 0.6) is 11.5 Å². The summed E-state index contributed by atoms with van der Waals surface area (Å²) in [5.74, 6) is 2.00. The molecule has 4 aromatic carbocycles. The number of anilines is 2. The van der Waals surface area contributed by atoms with Gasteiger partial charge in [0.15, 0.2) is 0 Å². The smallest absolute Gasteiger partial charge is 0.495 e. The number of hydrogen-bond donors (Lipinski definition) is 2. The van der Waals surface area contributed by atoms with Crippen molar-refractivity contribution in [2.45, 2.75) is 66.6 Å². The number of nitrogen functional groups attached to an aromatic ring is 2. The number of methoxy groups -OCH3 is 2. The molecule has 0 atom stereocenters. The molecular weight excluding hydrogens is 890 g/mol. The zero-order valence-corrected chi connectivity index (χ0v) is 39.2. The van der Waals surface area contributed by atoms with Gasteiger partial charge in [0.2, 0.25) is 10.6 Å². The minimum atomic E-state index is -0.344. The number of aryl methyl sites for hydroxylation is 4. The Morgan fingerprint density at radius 2 is 1.08 bits per heavy atom. The lowest BCUT2D eigenvalue weighted by Gasteiger charge is -2.32. The second kappa shape index (κ2) is 19.5. The normalized spacial score (nSPS) is 14.0. The molecule has 16 heteroatoms. The third kappa shape index (κ3) is 10.5. The molecule has 0 bridgehead atoms. The van der Waals surface area contributed by atoms with Gasteiger partial charge in [0.05, 0.1) is 48.6 Å². The van der Waals surface area contributed by atoms with Gasteiger partial charge in [-0.1, -0.05) is 35.4 Å². The van der Waals surface area contributed by atoms with Gasteiger partial charge in [0, 0.05) is 33.0 Å². The fourth-order valence-electron chi connectivity index (χ4n) is 7.01. The van der Waals surface area contributed by atoms with Crippen LogP contribution in [-0.2, 0) is 9.31 Å². The Morgan fingerprint density at radius 1 is 0.661 bits per heavy atom. The number of ether oxygens (including phenoxy) is 2. The SMILES string of the molecule is COc1cc(-c2c(C)cc(/C=C/C#N)cc2C)c2nc(Cl)nc(N)c2c1.COc1cc(Br)c2nc(Cl)nc(N)c2c1.Cc1cc(/C=C/C#N)cc(C)c1B1OC(C)(C)C(C)(C)O1. The maximum absolute atomic E-state index is 8.74. The van der Waals surface area contributed by atoms with Gasteiger partial charge in [-0.3, -0.25) is 0 Å². The molecule has 62 heavy (non-hydrogen) atoms. The Hall–Kier alpha value is -5.74. The van der Waals surface area contributed by atoms with E-state index in [0.29, 0.717) is 44.9 Å². The van der Waals surface area contributed by atoms with E-state index in [1.54, 1.807) is 38.5 Å². The van der Waals surface area contributed by atoms with E-state index in [2.05, 4.69) is 89.5 Å². The number of benzene rings is 4. The fraction of sp³-hybridized carbons (Fsp3) is 0.261. The molecule has 0 unspecified atom stereocenters. The predicted octanol–water partition coefficient (Wildman–Crippen LogP) is 10.5. The molecule has 318 valence electrons. The van der Waals surface area contributed by atoms with Crippen molar-refractivity contribution in [2.24, 2.45) is 0 Å². The number of nitrogens with two attached hydrogens (primary N) is 2. The lowest BCUT2D eigenvalue weighted by atomic mass is 9.73. The van der Waals surface area contributed by atoms with Gasteiger partial charge in [-0.25, -0.2) is 19.9 Å². The maximum atomic E-state index is 8.74. The summed E-state index contributed by atoms with van der Waals surface area (Å²) in [6, 6.07) is 19.5. The molecule has 0 amide bonds. The van der Waals surface area contributed by atoms with Gasteiger partial charge in [0.25, 0.3) is 0 Å². The number of nitriles is 2. The van der Waals surface area contributed by atoms with Crippen molar-refractivity contribution in [1.29, 1.82) is 10.5 Å². The first-order valence-electron chi connectivity index (χ1n) is 19.2. The highest BCUT2D eigenvalue weighted by Gasteiger charge is 2.52. The Bertz CT molecular complexity index is 2780. The number of rotatable bonds is 6. The monoisotopic (exact) mass is 934 g/mol. The highest BCUT2D eigenvalue weighted by atomic mass is 79.9. The molecule has 2 aromatic heterocycles. The van der Waals surface area contributed by atoms with E-state index in [-0.39, 0.29) is 28.9 Å². The van der Waals surface area contributed by atoms with Crippen LogP contribution in [0, 0.1) is 50.4 Å². The largest absolute Gasteiger partial charge is 0.497 e. The third-order valence-corrected chi connectivity index (χ3v) is 11.5. The van der Waals surface area contributed by atoms with E-state index in [1.165, 1.54) is 12.2 Å². The van der Waals surface area contributed by atoms with Gasteiger partial charge < -0.3 is 30.2 Å². The van der Waals surface area contributed by atoms with E-state index >= 15 is 0 Å². The van der Waals surface area contributed by atoms with Gasteiger partial charge >= 0.3 is 7.12 Å². The first-order valence-corrected chi connectivity index (χ1v) is 20.8. The summed E-state index contributed by atoms with van der Waals surface area (Å²) in [6.07, 6.45) is 6.55. The lowest BCUT2D eigenvalue weighted by Crippen LogP contribution is -2.41. The maximum Gasteiger partial charge on any atom is 0.495 e. The highest BCUT2D eigenvalue weighted by molar-refractivity contribution is 9.10. The van der Waals surface area contributed by atoms with Crippen molar-refractivity contribution in [1.82, 2.24) is 19.9 Å². The molecule has 0 saturated carbocycles. The molecule has 1 saturated heterocycles. The number of aromatic nitrogens is 4. The van der Waals surface area contributed by atoms with Crippen molar-refractivity contribution in [2.75, 3.05) is 25.7 Å². The predicted molar refractivity (Wildman–Crippen MR) is 255 cm³/mol. The van der Waals surface area contributed by atoms with Gasteiger partial charge in [-0.15, -0.1) is 0 Å². The van der Waals surface area contributed by atoms with E-state index in [4.69, 9.17) is 64.0 Å². The Labute approximate surface area is 380 Å². The Kier molecular flexibility index (Phi) is 14.9. The summed E-state index contributed by atoms with van der Waals surface area (Å²) in [7, 11) is 2.84. The van der Waals surface area contributed by atoms with Crippen molar-refractivity contribution in [3.63, 3.8) is 0 Å². The summed E-state index contributed by atoms with van der Waals surface area (Å²) >= 11 is 15.1. The number of fused-ring (bicyclic) bond motifs is 2. The van der Waals surface area contributed by atoms with Crippen molar-refractivity contribution < 1.29 is 18.8 Å². The molecule has 1 aliphatic rings. The zero-order valence-electron chi connectivity index (χ0n) is 36.1. The standard InChI is InChI=1S/C20H17ClN4O.C17H22BNO2.C9H7BrClN3O/c1-11-7-13(5-4-6-22)8-12(2)17(11)15-9-14(26-3)10-16-18(15)24-20(21)25-19(16)23;1-12-10-14(8-7-9-19)11-13(2)15(12)18-20-16(3,4)17(5,6)21-18;1-15-4-2-5-7(6(10)3-4)13-9(11)14-8(5)12/h4-5,7-10H,1-3H3,(H2,23,24,25);7-8,10-11H,1-6H3;2-3H,1H3,(H2,12,13,14)/b5-4+;8-7+;. The van der Waals surface area contributed by atoms with Crippen LogP contribution in [0.2, 0.25) is 10.6 Å². The minimum Gasteiger partial charge on any atom is -0.497 e. The molecule has 4 N–H and O–H groups in total. The molecule has 1 fully saturated rings. The summed E-state index contributed by atoms with van der Waals surface area (Å²) in [5, 5.41) is 19.0. The minimum absolute atomic E-state index is 0.102. The molecule has 12 nitrogen and oxygen atoms in total. The van der Waals surface area contributed by atoms with Gasteiger partial charge in [0.1, 0.15) is 23.1 Å². The summed E-state index contributed by atoms with van der Waals surface area (Å²) < 4.78 is 23.6. The van der Waals surface area contributed by atoms with Crippen LogP contribution < -0.4 is 26.4 Å². The Morgan fingerprint density at radius 3 is 1.53 bits per heavy atom. The quantitative estimate of drug-likeness (QED) is 0.0915. The van der Waals surface area contributed by atoms with Crippen LogP contribution in [0.1, 0.15) is 61.1 Å². The van der Waals surface area contributed by atoms with Crippen LogP contribution in [0.3, 0.4) is 0 Å². The van der Waals surface area contributed by atoms with Gasteiger partial charge in [-0.2, -0.15) is 10.5 Å². The van der Waals surface area contributed by atoms with E-state index in [9.17, 15) is 0 Å². The first-order chi connectivity index (χ1) is 29.2. The van der Waals surface area contributed by atoms with Crippen LogP contribution in [0.15, 0.2) is 65.2 Å². The third-order valence-electron chi connectivity index (χ3n) is 10.6. The second-order valence-electron chi connectivity index (χ2n) is 15.4. The van der Waals surface area contributed by atoms with Crippen molar-refractivity contribution >= 4 is 97.3 Å². The van der Waals surface area contributed by atoms with Gasteiger partial charge in [-0.05, 0) is 164 Å². The van der Waals surface area contributed by atoms with E-state index in [1.807, 2.05) is 50.3 Å². The number of hydrogen-bond acceptors (Lipinski definition) is 12. The molecule has 3 heterocycles. The highest BCUT2D eigenvalue weighted by Crippen LogP contribution is 2.39. The van der Waals surface area contributed by atoms with Crippen molar-refractivity contribution in [3.8, 4) is 34.8 Å². The topological polar surface area (TPSA) is 188 Å². The molecule has 1 aliphatic heterocycles. The fourth-order valence-corrected chi connectivity index (χ4v) is 7.89. The average Bonchev–Trinajstić information content (AvgIpc) is 3.41. The number of allylic oxidation sites excluding steroid dienone is 2. The Balaban J connectivity index is 0.000000182. The molecule has 0 aliphatic carbocycles. The van der Waals surface area contributed by atoms with E-state index < -0.39 is 0 Å². The van der Waals surface area contributed by atoms with Crippen LogP contribution in [0.25, 0.3) is 45.1 Å².